The molecule has 0 radical (unpaired) electrons. The lowest BCUT2D eigenvalue weighted by Crippen LogP contribution is -2.34. The van der Waals surface area contributed by atoms with Crippen LogP contribution in [0.2, 0.25) is 0 Å². The van der Waals surface area contributed by atoms with Gasteiger partial charge in [-0.2, -0.15) is 0 Å². The van der Waals surface area contributed by atoms with Crippen LogP contribution < -0.4 is 20.7 Å². The fraction of sp³-hybridized carbons (Fsp3) is 0.500. The number of hydrogen-bond acceptors (Lipinski definition) is 4. The van der Waals surface area contributed by atoms with Gasteiger partial charge in [0.05, 0.1) is 18.7 Å². The van der Waals surface area contributed by atoms with Crippen LogP contribution in [0.1, 0.15) is 18.4 Å². The molecule has 1 unspecified atom stereocenters. The molecular weight excluding hydrogens is 282 g/mol. The topological polar surface area (TPSA) is 84.7 Å². The number of carbonyl (C=O) groups excluding carboxylic acids is 2. The van der Waals surface area contributed by atoms with Gasteiger partial charge in [0.25, 0.3) is 0 Å². The Kier molecular flexibility index (Phi) is 5.38. The van der Waals surface area contributed by atoms with Crippen LogP contribution in [0.3, 0.4) is 0 Å². The molecule has 2 amide bonds. The maximum absolute atomic E-state index is 12.3. The van der Waals surface area contributed by atoms with Crippen molar-refractivity contribution in [2.24, 2.45) is 11.7 Å². The molecule has 1 saturated heterocycles. The van der Waals surface area contributed by atoms with Crippen molar-refractivity contribution in [2.45, 2.75) is 19.8 Å². The van der Waals surface area contributed by atoms with Crippen LogP contribution in [-0.2, 0) is 9.59 Å². The van der Waals surface area contributed by atoms with Gasteiger partial charge in [-0.05, 0) is 37.6 Å². The van der Waals surface area contributed by atoms with E-state index >= 15 is 0 Å². The summed E-state index contributed by atoms with van der Waals surface area (Å²) in [5, 5.41) is 2.83. The highest BCUT2D eigenvalue weighted by Crippen LogP contribution is 2.33. The lowest BCUT2D eigenvalue weighted by molar-refractivity contribution is -0.126. The van der Waals surface area contributed by atoms with E-state index in [9.17, 15) is 9.59 Å². The van der Waals surface area contributed by atoms with Gasteiger partial charge < -0.3 is 20.7 Å². The summed E-state index contributed by atoms with van der Waals surface area (Å²) in [4.78, 5) is 26.0. The Morgan fingerprint density at radius 1 is 1.50 bits per heavy atom. The monoisotopic (exact) mass is 305 g/mol. The number of nitrogens with one attached hydrogen (secondary N) is 1. The van der Waals surface area contributed by atoms with Crippen molar-refractivity contribution in [1.82, 2.24) is 5.32 Å². The second-order valence-corrected chi connectivity index (χ2v) is 5.51. The first-order valence-corrected chi connectivity index (χ1v) is 7.49. The standard InChI is InChI=1S/C16H23N3O3/c1-11-4-5-14(22-2)13(8-11)19-10-12(9-15(19)20)16(21)18-7-3-6-17/h4-5,8,12H,3,6-7,9-10,17H2,1-2H3,(H,18,21). The minimum atomic E-state index is -0.324. The third-order valence-electron chi connectivity index (χ3n) is 3.80. The van der Waals surface area contributed by atoms with Crippen LogP contribution in [0.4, 0.5) is 5.69 Å². The van der Waals surface area contributed by atoms with Crippen molar-refractivity contribution in [3.05, 3.63) is 23.8 Å². The van der Waals surface area contributed by atoms with Crippen molar-refractivity contribution in [3.63, 3.8) is 0 Å². The van der Waals surface area contributed by atoms with Gasteiger partial charge in [-0.15, -0.1) is 0 Å². The van der Waals surface area contributed by atoms with E-state index in [1.54, 1.807) is 12.0 Å². The highest BCUT2D eigenvalue weighted by atomic mass is 16.5. The maximum Gasteiger partial charge on any atom is 0.227 e. The van der Waals surface area contributed by atoms with E-state index in [1.165, 1.54) is 0 Å². The van der Waals surface area contributed by atoms with Gasteiger partial charge in [0.15, 0.2) is 0 Å². The zero-order chi connectivity index (χ0) is 16.1. The Morgan fingerprint density at radius 3 is 2.95 bits per heavy atom. The van der Waals surface area contributed by atoms with Gasteiger partial charge in [0, 0.05) is 19.5 Å². The van der Waals surface area contributed by atoms with Gasteiger partial charge in [0.2, 0.25) is 11.8 Å². The van der Waals surface area contributed by atoms with Crippen molar-refractivity contribution in [3.8, 4) is 5.75 Å². The van der Waals surface area contributed by atoms with Gasteiger partial charge in [-0.25, -0.2) is 0 Å². The minimum absolute atomic E-state index is 0.0529. The molecule has 0 aromatic heterocycles. The van der Waals surface area contributed by atoms with Crippen LogP contribution >= 0.6 is 0 Å². The molecule has 1 heterocycles. The molecular formula is C16H23N3O3. The number of hydrogen-bond donors (Lipinski definition) is 2. The molecule has 6 heteroatoms. The Bertz CT molecular complexity index is 560. The quantitative estimate of drug-likeness (QED) is 0.762. The molecule has 0 aliphatic carbocycles. The molecule has 1 aromatic carbocycles. The Hall–Kier alpha value is -2.08. The molecule has 1 aliphatic heterocycles. The fourth-order valence-electron chi connectivity index (χ4n) is 2.58. The Balaban J connectivity index is 2.09. The zero-order valence-electron chi connectivity index (χ0n) is 13.1. The number of aryl methyl sites for hydroxylation is 1. The lowest BCUT2D eigenvalue weighted by atomic mass is 10.1. The highest BCUT2D eigenvalue weighted by Gasteiger charge is 2.36. The summed E-state index contributed by atoms with van der Waals surface area (Å²) in [6, 6.07) is 5.68. The van der Waals surface area contributed by atoms with Gasteiger partial charge in [-0.1, -0.05) is 6.07 Å². The second kappa shape index (κ2) is 7.26. The summed E-state index contributed by atoms with van der Waals surface area (Å²) in [6.07, 6.45) is 0.966. The van der Waals surface area contributed by atoms with E-state index in [0.29, 0.717) is 25.4 Å². The van der Waals surface area contributed by atoms with Gasteiger partial charge >= 0.3 is 0 Å². The number of anilines is 1. The normalized spacial score (nSPS) is 17.7. The average molecular weight is 305 g/mol. The number of benzene rings is 1. The molecule has 1 aliphatic rings. The smallest absolute Gasteiger partial charge is 0.227 e. The molecule has 2 rings (SSSR count). The van der Waals surface area contributed by atoms with E-state index in [4.69, 9.17) is 10.5 Å². The number of ether oxygens (including phenoxy) is 1. The molecule has 1 fully saturated rings. The first-order valence-electron chi connectivity index (χ1n) is 7.49. The second-order valence-electron chi connectivity index (χ2n) is 5.51. The van der Waals surface area contributed by atoms with Crippen molar-refractivity contribution < 1.29 is 14.3 Å². The van der Waals surface area contributed by atoms with Crippen LogP contribution in [0.15, 0.2) is 18.2 Å². The highest BCUT2D eigenvalue weighted by molar-refractivity contribution is 6.01. The lowest BCUT2D eigenvalue weighted by Gasteiger charge is -2.20. The third-order valence-corrected chi connectivity index (χ3v) is 3.80. The van der Waals surface area contributed by atoms with Gasteiger partial charge in [0.1, 0.15) is 5.75 Å². The Labute approximate surface area is 130 Å². The number of nitrogens with two attached hydrogens (primary N) is 1. The fourth-order valence-corrected chi connectivity index (χ4v) is 2.58. The number of amides is 2. The summed E-state index contributed by atoms with van der Waals surface area (Å²) in [5.41, 5.74) is 7.17. The molecule has 120 valence electrons. The average Bonchev–Trinajstić information content (AvgIpc) is 2.89. The van der Waals surface area contributed by atoms with E-state index in [-0.39, 0.29) is 24.2 Å². The summed E-state index contributed by atoms with van der Waals surface area (Å²) in [7, 11) is 1.58. The number of methoxy groups -OCH3 is 1. The molecule has 3 N–H and O–H groups in total. The van der Waals surface area contributed by atoms with Gasteiger partial charge in [-0.3, -0.25) is 9.59 Å². The predicted octanol–water partition coefficient (Wildman–Crippen LogP) is 0.822. The van der Waals surface area contributed by atoms with E-state index < -0.39 is 0 Å². The SMILES string of the molecule is COc1ccc(C)cc1N1CC(C(=O)NCCCN)CC1=O. The van der Waals surface area contributed by atoms with Crippen molar-refractivity contribution in [2.75, 3.05) is 31.6 Å². The third kappa shape index (κ3) is 3.57. The van der Waals surface area contributed by atoms with E-state index in [2.05, 4.69) is 5.32 Å². The number of nitrogens with zero attached hydrogens (tertiary/aromatic N) is 1. The van der Waals surface area contributed by atoms with E-state index in [1.807, 2.05) is 25.1 Å². The molecule has 1 atom stereocenters. The van der Waals surface area contributed by atoms with Crippen LogP contribution in [0.25, 0.3) is 0 Å². The summed E-state index contributed by atoms with van der Waals surface area (Å²) in [5.74, 6) is 0.178. The molecule has 6 nitrogen and oxygen atoms in total. The Morgan fingerprint density at radius 2 is 2.27 bits per heavy atom. The minimum Gasteiger partial charge on any atom is -0.495 e. The summed E-state index contributed by atoms with van der Waals surface area (Å²) >= 11 is 0. The molecule has 0 bridgehead atoms. The summed E-state index contributed by atoms with van der Waals surface area (Å²) < 4.78 is 5.33. The largest absolute Gasteiger partial charge is 0.495 e. The molecule has 1 aromatic rings. The van der Waals surface area contributed by atoms with Crippen molar-refractivity contribution >= 4 is 17.5 Å². The van der Waals surface area contributed by atoms with Crippen LogP contribution in [0.5, 0.6) is 5.75 Å². The first-order chi connectivity index (χ1) is 10.6. The van der Waals surface area contributed by atoms with E-state index in [0.717, 1.165) is 17.7 Å². The maximum atomic E-state index is 12.3. The summed E-state index contributed by atoms with van der Waals surface area (Å²) in [6.45, 7) is 3.43. The number of carbonyl (C=O) groups is 2. The molecule has 0 saturated carbocycles. The van der Waals surface area contributed by atoms with Crippen LogP contribution in [-0.4, -0.2) is 38.6 Å². The molecule has 0 spiro atoms. The first kappa shape index (κ1) is 16.3. The van der Waals surface area contributed by atoms with Crippen molar-refractivity contribution in [1.29, 1.82) is 0 Å². The molecule has 22 heavy (non-hydrogen) atoms. The van der Waals surface area contributed by atoms with Crippen LogP contribution in [0, 0.1) is 12.8 Å². The predicted molar refractivity (Wildman–Crippen MR) is 84.9 cm³/mol. The number of rotatable bonds is 6. The zero-order valence-corrected chi connectivity index (χ0v) is 13.1.